The first kappa shape index (κ1) is 24.5. The van der Waals surface area contributed by atoms with Gasteiger partial charge in [0.15, 0.2) is 5.96 Å². The molecule has 1 aromatic rings. The van der Waals surface area contributed by atoms with Gasteiger partial charge in [0.1, 0.15) is 5.75 Å². The summed E-state index contributed by atoms with van der Waals surface area (Å²) in [6.45, 7) is 6.67. The predicted octanol–water partition coefficient (Wildman–Crippen LogP) is 3.60. The number of carbonyl (C=O) groups is 1. The number of rotatable bonds is 6. The molecule has 0 spiro atoms. The number of hydrogen-bond acceptors (Lipinski definition) is 3. The van der Waals surface area contributed by atoms with E-state index in [1.807, 2.05) is 32.9 Å². The van der Waals surface area contributed by atoms with E-state index in [4.69, 9.17) is 4.74 Å². The maximum atomic E-state index is 11.9. The number of hydrogen-bond donors (Lipinski definition) is 3. The van der Waals surface area contributed by atoms with Crippen LogP contribution in [0, 0.1) is 0 Å². The number of halogens is 1. The average molecular weight is 502 g/mol. The fourth-order valence-electron chi connectivity index (χ4n) is 3.14. The molecule has 1 amide bonds. The number of carbonyl (C=O) groups excluding carboxylic acids is 1. The average Bonchev–Trinajstić information content (AvgIpc) is 2.61. The molecule has 0 bridgehead atoms. The van der Waals surface area contributed by atoms with Gasteiger partial charge in [-0.15, -0.1) is 24.0 Å². The summed E-state index contributed by atoms with van der Waals surface area (Å²) < 4.78 is 6.13. The smallest absolute Gasteiger partial charge is 0.239 e. The number of amides is 1. The van der Waals surface area contributed by atoms with Gasteiger partial charge in [0.25, 0.3) is 0 Å². The summed E-state index contributed by atoms with van der Waals surface area (Å²) >= 11 is 0. The van der Waals surface area contributed by atoms with Crippen LogP contribution in [0.4, 0.5) is 0 Å². The van der Waals surface area contributed by atoms with Crippen molar-refractivity contribution in [1.82, 2.24) is 16.0 Å². The van der Waals surface area contributed by atoms with Crippen LogP contribution in [0.5, 0.6) is 5.75 Å². The van der Waals surface area contributed by atoms with Gasteiger partial charge in [-0.3, -0.25) is 9.79 Å². The van der Waals surface area contributed by atoms with Crippen LogP contribution in [-0.4, -0.2) is 37.1 Å². The summed E-state index contributed by atoms with van der Waals surface area (Å²) in [4.78, 5) is 16.1. The molecular formula is C21H35IN4O2. The molecule has 1 fully saturated rings. The van der Waals surface area contributed by atoms with Crippen LogP contribution < -0.4 is 20.7 Å². The number of nitrogens with zero attached hydrogens (tertiary/aromatic N) is 1. The van der Waals surface area contributed by atoms with E-state index in [-0.39, 0.29) is 42.0 Å². The van der Waals surface area contributed by atoms with Crippen molar-refractivity contribution in [2.45, 2.75) is 71.1 Å². The minimum absolute atomic E-state index is 0. The highest BCUT2D eigenvalue weighted by molar-refractivity contribution is 14.0. The number of ether oxygens (including phenoxy) is 1. The Morgan fingerprint density at radius 1 is 1.18 bits per heavy atom. The molecule has 7 heteroatoms. The molecule has 0 saturated heterocycles. The zero-order valence-corrected chi connectivity index (χ0v) is 19.8. The Labute approximate surface area is 186 Å². The monoisotopic (exact) mass is 502 g/mol. The summed E-state index contributed by atoms with van der Waals surface area (Å²) in [7, 11) is 1.69. The standard InChI is InChI=1S/C21H34N4O2.HI/c1-21(2,3)25-19(26)15-24-20(22-4)23-14-16-9-8-12-18(13-16)27-17-10-6-5-7-11-17;/h8-9,12-13,17H,5-7,10-11,14-15H2,1-4H3,(H,25,26)(H2,22,23,24);1H. The van der Waals surface area contributed by atoms with E-state index in [1.54, 1.807) is 7.05 Å². The molecule has 1 aromatic carbocycles. The van der Waals surface area contributed by atoms with Crippen LogP contribution in [0.25, 0.3) is 0 Å². The minimum atomic E-state index is -0.242. The van der Waals surface area contributed by atoms with E-state index < -0.39 is 0 Å². The second kappa shape index (κ2) is 12.1. The molecule has 3 N–H and O–H groups in total. The second-order valence-electron chi connectivity index (χ2n) is 8.10. The normalized spacial score (nSPS) is 15.4. The Hall–Kier alpha value is -1.51. The van der Waals surface area contributed by atoms with Crippen LogP contribution in [-0.2, 0) is 11.3 Å². The predicted molar refractivity (Wildman–Crippen MR) is 125 cm³/mol. The first-order valence-electron chi connectivity index (χ1n) is 9.87. The van der Waals surface area contributed by atoms with Gasteiger partial charge in [-0.05, 0) is 64.2 Å². The molecule has 28 heavy (non-hydrogen) atoms. The van der Waals surface area contributed by atoms with Gasteiger partial charge in [0.05, 0.1) is 12.6 Å². The molecule has 0 radical (unpaired) electrons. The summed E-state index contributed by atoms with van der Waals surface area (Å²) in [5, 5.41) is 9.19. The topological polar surface area (TPSA) is 74.8 Å². The van der Waals surface area contributed by atoms with E-state index in [0.717, 1.165) is 24.2 Å². The van der Waals surface area contributed by atoms with E-state index >= 15 is 0 Å². The molecule has 158 valence electrons. The molecule has 0 heterocycles. The van der Waals surface area contributed by atoms with Crippen LogP contribution in [0.1, 0.15) is 58.4 Å². The third kappa shape index (κ3) is 9.61. The zero-order chi connectivity index (χ0) is 19.7. The molecule has 1 aliphatic rings. The van der Waals surface area contributed by atoms with Crippen molar-refractivity contribution in [3.8, 4) is 5.75 Å². The fourth-order valence-corrected chi connectivity index (χ4v) is 3.14. The third-order valence-corrected chi connectivity index (χ3v) is 4.37. The van der Waals surface area contributed by atoms with Crippen LogP contribution in [0.2, 0.25) is 0 Å². The summed E-state index contributed by atoms with van der Waals surface area (Å²) in [6.07, 6.45) is 6.49. The number of nitrogens with one attached hydrogen (secondary N) is 3. The third-order valence-electron chi connectivity index (χ3n) is 4.37. The molecule has 6 nitrogen and oxygen atoms in total. The van der Waals surface area contributed by atoms with E-state index in [2.05, 4.69) is 33.1 Å². The lowest BCUT2D eigenvalue weighted by Crippen LogP contribution is -2.48. The largest absolute Gasteiger partial charge is 0.490 e. The SMILES string of the molecule is CN=C(NCC(=O)NC(C)(C)C)NCc1cccc(OC2CCCCC2)c1.I. The van der Waals surface area contributed by atoms with Crippen LogP contribution in [0.15, 0.2) is 29.3 Å². The van der Waals surface area contributed by atoms with Crippen LogP contribution in [0.3, 0.4) is 0 Å². The minimum Gasteiger partial charge on any atom is -0.490 e. The molecule has 1 saturated carbocycles. The van der Waals surface area contributed by atoms with Crippen molar-refractivity contribution >= 4 is 35.8 Å². The van der Waals surface area contributed by atoms with E-state index in [1.165, 1.54) is 19.3 Å². The first-order valence-corrected chi connectivity index (χ1v) is 9.87. The highest BCUT2D eigenvalue weighted by atomic mass is 127. The molecule has 1 aliphatic carbocycles. The second-order valence-corrected chi connectivity index (χ2v) is 8.10. The van der Waals surface area contributed by atoms with Crippen molar-refractivity contribution in [3.63, 3.8) is 0 Å². The van der Waals surface area contributed by atoms with Gasteiger partial charge in [-0.1, -0.05) is 18.6 Å². The van der Waals surface area contributed by atoms with Gasteiger partial charge in [0, 0.05) is 19.1 Å². The van der Waals surface area contributed by atoms with Crippen molar-refractivity contribution < 1.29 is 9.53 Å². The number of guanidine groups is 1. The molecule has 0 aromatic heterocycles. The quantitative estimate of drug-likeness (QED) is 0.316. The summed E-state index contributed by atoms with van der Waals surface area (Å²) in [5.74, 6) is 1.46. The Morgan fingerprint density at radius 3 is 2.54 bits per heavy atom. The van der Waals surface area contributed by atoms with Crippen molar-refractivity contribution in [1.29, 1.82) is 0 Å². The van der Waals surface area contributed by atoms with E-state index in [0.29, 0.717) is 18.6 Å². The van der Waals surface area contributed by atoms with Crippen LogP contribution >= 0.6 is 24.0 Å². The van der Waals surface area contributed by atoms with Gasteiger partial charge >= 0.3 is 0 Å². The summed E-state index contributed by atoms with van der Waals surface area (Å²) in [5.41, 5.74) is 0.875. The summed E-state index contributed by atoms with van der Waals surface area (Å²) in [6, 6.07) is 8.16. The lowest BCUT2D eigenvalue weighted by Gasteiger charge is -2.23. The van der Waals surface area contributed by atoms with Gasteiger partial charge in [0.2, 0.25) is 5.91 Å². The first-order chi connectivity index (χ1) is 12.9. The van der Waals surface area contributed by atoms with Crippen molar-refractivity contribution in [2.24, 2.45) is 4.99 Å². The maximum Gasteiger partial charge on any atom is 0.239 e. The zero-order valence-electron chi connectivity index (χ0n) is 17.5. The highest BCUT2D eigenvalue weighted by Crippen LogP contribution is 2.23. The van der Waals surface area contributed by atoms with Crippen molar-refractivity contribution in [3.05, 3.63) is 29.8 Å². The number of benzene rings is 1. The van der Waals surface area contributed by atoms with E-state index in [9.17, 15) is 4.79 Å². The molecule has 0 unspecified atom stereocenters. The molecular weight excluding hydrogens is 467 g/mol. The Kier molecular flexibility index (Phi) is 10.6. The Bertz CT molecular complexity index is 638. The molecule has 0 atom stereocenters. The molecule has 0 aliphatic heterocycles. The lowest BCUT2D eigenvalue weighted by atomic mass is 9.98. The maximum absolute atomic E-state index is 11.9. The van der Waals surface area contributed by atoms with Gasteiger partial charge in [-0.25, -0.2) is 0 Å². The van der Waals surface area contributed by atoms with Gasteiger partial charge < -0.3 is 20.7 Å². The highest BCUT2D eigenvalue weighted by Gasteiger charge is 2.15. The Balaban J connectivity index is 0.00000392. The lowest BCUT2D eigenvalue weighted by molar-refractivity contribution is -0.121. The molecule has 2 rings (SSSR count). The number of aliphatic imine (C=N–C) groups is 1. The van der Waals surface area contributed by atoms with Gasteiger partial charge in [-0.2, -0.15) is 0 Å². The van der Waals surface area contributed by atoms with Crippen molar-refractivity contribution in [2.75, 3.05) is 13.6 Å². The Morgan fingerprint density at radius 2 is 1.89 bits per heavy atom. The fraction of sp³-hybridized carbons (Fsp3) is 0.619.